The Labute approximate surface area is 91.5 Å². The minimum Gasteiger partial charge on any atom is -0.322 e. The average Bonchev–Trinajstić information content (AvgIpc) is 2.20. The van der Waals surface area contributed by atoms with Crippen LogP contribution in [0.25, 0.3) is 0 Å². The Morgan fingerprint density at radius 3 is 2.87 bits per heavy atom. The summed E-state index contributed by atoms with van der Waals surface area (Å²) in [5.74, 6) is -1.99. The van der Waals surface area contributed by atoms with Gasteiger partial charge in [0.05, 0.1) is 11.8 Å². The molecule has 0 aliphatic carbocycles. The minimum absolute atomic E-state index is 0.0199. The van der Waals surface area contributed by atoms with Gasteiger partial charge in [-0.3, -0.25) is 4.79 Å². The maximum Gasteiger partial charge on any atom is 0.241 e. The first-order valence-electron chi connectivity index (χ1n) is 4.20. The molecule has 1 aromatic rings. The third-order valence-corrected chi connectivity index (χ3v) is 2.01. The van der Waals surface area contributed by atoms with E-state index in [1.54, 1.807) is 6.07 Å². The summed E-state index contributed by atoms with van der Waals surface area (Å²) < 4.78 is 13.2. The number of nitrogens with zero attached hydrogens (tertiary/aromatic N) is 1. The van der Waals surface area contributed by atoms with Gasteiger partial charge in [-0.05, 0) is 25.1 Å². The van der Waals surface area contributed by atoms with Crippen LogP contribution in [0.2, 0.25) is 5.02 Å². The number of carbonyl (C=O) groups excluding carboxylic acids is 1. The van der Waals surface area contributed by atoms with E-state index in [-0.39, 0.29) is 10.7 Å². The Balaban J connectivity index is 2.82. The van der Waals surface area contributed by atoms with E-state index in [4.69, 9.17) is 16.9 Å². The van der Waals surface area contributed by atoms with Crippen molar-refractivity contribution < 1.29 is 9.18 Å². The van der Waals surface area contributed by atoms with E-state index in [2.05, 4.69) is 5.32 Å². The molecule has 0 saturated carbocycles. The smallest absolute Gasteiger partial charge is 0.241 e. The van der Waals surface area contributed by atoms with Crippen LogP contribution in [-0.2, 0) is 4.79 Å². The quantitative estimate of drug-likeness (QED) is 0.843. The third-order valence-electron chi connectivity index (χ3n) is 1.78. The molecule has 15 heavy (non-hydrogen) atoms. The van der Waals surface area contributed by atoms with Crippen LogP contribution in [0.1, 0.15) is 6.92 Å². The zero-order chi connectivity index (χ0) is 11.4. The number of halogens is 2. The molecular formula is C10H8ClFN2O. The van der Waals surface area contributed by atoms with Crippen molar-refractivity contribution in [1.29, 1.82) is 5.26 Å². The second-order valence-electron chi connectivity index (χ2n) is 2.96. The molecule has 0 spiro atoms. The first-order chi connectivity index (χ1) is 7.04. The predicted molar refractivity (Wildman–Crippen MR) is 54.8 cm³/mol. The van der Waals surface area contributed by atoms with E-state index in [0.29, 0.717) is 0 Å². The normalized spacial score (nSPS) is 11.6. The van der Waals surface area contributed by atoms with Crippen molar-refractivity contribution in [1.82, 2.24) is 0 Å². The molecule has 3 nitrogen and oxygen atoms in total. The number of rotatable bonds is 2. The molecule has 0 aromatic heterocycles. The third kappa shape index (κ3) is 2.93. The highest BCUT2D eigenvalue weighted by molar-refractivity contribution is 6.30. The highest BCUT2D eigenvalue weighted by Gasteiger charge is 2.13. The fraction of sp³-hybridized carbons (Fsp3) is 0.200. The molecule has 5 heteroatoms. The summed E-state index contributed by atoms with van der Waals surface area (Å²) in [6, 6.07) is 5.65. The van der Waals surface area contributed by atoms with Gasteiger partial charge in [0.15, 0.2) is 0 Å². The number of hydrogen-bond donors (Lipinski definition) is 1. The molecule has 1 atom stereocenters. The minimum atomic E-state index is -0.819. The van der Waals surface area contributed by atoms with E-state index < -0.39 is 17.6 Å². The van der Waals surface area contributed by atoms with Crippen molar-refractivity contribution >= 4 is 23.2 Å². The SMILES string of the molecule is C[C@@H](C#N)C(=O)Nc1ccc(Cl)cc1F. The van der Waals surface area contributed by atoms with Crippen molar-refractivity contribution in [2.75, 3.05) is 5.32 Å². The number of nitriles is 1. The number of nitrogens with one attached hydrogen (secondary N) is 1. The van der Waals surface area contributed by atoms with Gasteiger partial charge >= 0.3 is 0 Å². The molecule has 0 bridgehead atoms. The lowest BCUT2D eigenvalue weighted by Crippen LogP contribution is -2.19. The van der Waals surface area contributed by atoms with E-state index >= 15 is 0 Å². The summed E-state index contributed by atoms with van der Waals surface area (Å²) in [5, 5.41) is 11.0. The van der Waals surface area contributed by atoms with Crippen LogP contribution in [0.5, 0.6) is 0 Å². The largest absolute Gasteiger partial charge is 0.322 e. The number of benzene rings is 1. The van der Waals surface area contributed by atoms with Crippen LogP contribution in [0.4, 0.5) is 10.1 Å². The second kappa shape index (κ2) is 4.76. The molecule has 1 aromatic carbocycles. The van der Waals surface area contributed by atoms with Crippen molar-refractivity contribution in [3.8, 4) is 6.07 Å². The molecular weight excluding hydrogens is 219 g/mol. The molecule has 0 aliphatic heterocycles. The van der Waals surface area contributed by atoms with Gasteiger partial charge in [-0.25, -0.2) is 4.39 Å². The lowest BCUT2D eigenvalue weighted by Gasteiger charge is -2.07. The zero-order valence-corrected chi connectivity index (χ0v) is 8.68. The Morgan fingerprint density at radius 1 is 1.67 bits per heavy atom. The highest BCUT2D eigenvalue weighted by atomic mass is 35.5. The molecule has 0 saturated heterocycles. The van der Waals surface area contributed by atoms with Gasteiger partial charge in [-0.15, -0.1) is 0 Å². The van der Waals surface area contributed by atoms with Crippen LogP contribution in [0, 0.1) is 23.1 Å². The molecule has 0 unspecified atom stereocenters. The lowest BCUT2D eigenvalue weighted by atomic mass is 10.2. The fourth-order valence-electron chi connectivity index (χ4n) is 0.890. The van der Waals surface area contributed by atoms with Crippen LogP contribution < -0.4 is 5.32 Å². The summed E-state index contributed by atoms with van der Waals surface area (Å²) in [6.45, 7) is 1.43. The molecule has 0 heterocycles. The number of amides is 1. The monoisotopic (exact) mass is 226 g/mol. The van der Waals surface area contributed by atoms with Gasteiger partial charge in [-0.1, -0.05) is 11.6 Å². The van der Waals surface area contributed by atoms with Crippen molar-refractivity contribution in [2.45, 2.75) is 6.92 Å². The molecule has 0 aliphatic rings. The molecule has 1 amide bonds. The number of carbonyl (C=O) groups is 1. The van der Waals surface area contributed by atoms with Crippen LogP contribution in [0.15, 0.2) is 18.2 Å². The van der Waals surface area contributed by atoms with Gasteiger partial charge in [0, 0.05) is 5.02 Å². The van der Waals surface area contributed by atoms with Crippen molar-refractivity contribution in [2.24, 2.45) is 5.92 Å². The average molecular weight is 227 g/mol. The van der Waals surface area contributed by atoms with E-state index in [0.717, 1.165) is 6.07 Å². The first-order valence-corrected chi connectivity index (χ1v) is 4.58. The highest BCUT2D eigenvalue weighted by Crippen LogP contribution is 2.19. The Hall–Kier alpha value is -1.60. The lowest BCUT2D eigenvalue weighted by molar-refractivity contribution is -0.117. The van der Waals surface area contributed by atoms with E-state index in [9.17, 15) is 9.18 Å². The van der Waals surface area contributed by atoms with Gasteiger partial charge in [0.1, 0.15) is 11.7 Å². The number of hydrogen-bond acceptors (Lipinski definition) is 2. The van der Waals surface area contributed by atoms with Gasteiger partial charge in [-0.2, -0.15) is 5.26 Å². The standard InChI is InChI=1S/C10H8ClFN2O/c1-6(5-13)10(15)14-9-3-2-7(11)4-8(9)12/h2-4,6H,1H3,(H,14,15)/t6-/m0/s1. The Kier molecular flexibility index (Phi) is 3.64. The molecule has 1 rings (SSSR count). The summed E-state index contributed by atoms with van der Waals surface area (Å²) in [7, 11) is 0. The Bertz CT molecular complexity index is 428. The second-order valence-corrected chi connectivity index (χ2v) is 3.40. The predicted octanol–water partition coefficient (Wildman–Crippen LogP) is 2.58. The van der Waals surface area contributed by atoms with E-state index in [1.807, 2.05) is 0 Å². The Morgan fingerprint density at radius 2 is 2.33 bits per heavy atom. The van der Waals surface area contributed by atoms with Gasteiger partial charge < -0.3 is 5.32 Å². The summed E-state index contributed by atoms with van der Waals surface area (Å²) in [6.07, 6.45) is 0. The van der Waals surface area contributed by atoms with Crippen molar-refractivity contribution in [3.05, 3.63) is 29.0 Å². The summed E-state index contributed by atoms with van der Waals surface area (Å²) >= 11 is 5.54. The molecule has 1 N–H and O–H groups in total. The first kappa shape index (κ1) is 11.5. The van der Waals surface area contributed by atoms with E-state index in [1.165, 1.54) is 19.1 Å². The van der Waals surface area contributed by atoms with Gasteiger partial charge in [0.25, 0.3) is 0 Å². The molecule has 0 radical (unpaired) electrons. The summed E-state index contributed by atoms with van der Waals surface area (Å²) in [5.41, 5.74) is 0.0199. The topological polar surface area (TPSA) is 52.9 Å². The summed E-state index contributed by atoms with van der Waals surface area (Å²) in [4.78, 5) is 11.2. The molecule has 78 valence electrons. The maximum atomic E-state index is 13.2. The molecule has 0 fully saturated rings. The van der Waals surface area contributed by atoms with Crippen molar-refractivity contribution in [3.63, 3.8) is 0 Å². The zero-order valence-electron chi connectivity index (χ0n) is 7.92. The number of anilines is 1. The maximum absolute atomic E-state index is 13.2. The van der Waals surface area contributed by atoms with Crippen LogP contribution >= 0.6 is 11.6 Å². The van der Waals surface area contributed by atoms with Gasteiger partial charge in [0.2, 0.25) is 5.91 Å². The van der Waals surface area contributed by atoms with Crippen LogP contribution in [-0.4, -0.2) is 5.91 Å². The fourth-order valence-corrected chi connectivity index (χ4v) is 1.05. The van der Waals surface area contributed by atoms with Crippen LogP contribution in [0.3, 0.4) is 0 Å².